The van der Waals surface area contributed by atoms with Gasteiger partial charge in [0.2, 0.25) is 0 Å². The molecule has 0 bridgehead atoms. The van der Waals surface area contributed by atoms with Crippen molar-refractivity contribution in [1.82, 2.24) is 10.2 Å². The zero-order chi connectivity index (χ0) is 10.2. The fourth-order valence-electron chi connectivity index (χ4n) is 1.74. The van der Waals surface area contributed by atoms with E-state index in [4.69, 9.17) is 0 Å². The van der Waals surface area contributed by atoms with E-state index in [0.717, 1.165) is 25.8 Å². The van der Waals surface area contributed by atoms with Gasteiger partial charge in [-0.05, 0) is 26.2 Å². The van der Waals surface area contributed by atoms with Crippen LogP contribution in [0.1, 0.15) is 26.2 Å². The Morgan fingerprint density at radius 3 is 2.50 bits per heavy atom. The van der Waals surface area contributed by atoms with Gasteiger partial charge in [0.1, 0.15) is 0 Å². The van der Waals surface area contributed by atoms with Gasteiger partial charge in [-0.1, -0.05) is 0 Å². The smallest absolute Gasteiger partial charge is 0.272 e. The van der Waals surface area contributed by atoms with Crippen LogP contribution in [-0.2, 0) is 0 Å². The van der Waals surface area contributed by atoms with Crippen LogP contribution in [0.3, 0.4) is 0 Å². The van der Waals surface area contributed by atoms with E-state index >= 15 is 0 Å². The summed E-state index contributed by atoms with van der Waals surface area (Å²) in [5.74, 6) is -2.56. The summed E-state index contributed by atoms with van der Waals surface area (Å²) < 4.78 is 26.7. The van der Waals surface area contributed by atoms with Crippen LogP contribution >= 0.6 is 0 Å². The molecule has 1 aliphatic carbocycles. The monoisotopic (exact) mass is 204 g/mol. The second-order valence-corrected chi connectivity index (χ2v) is 4.62. The van der Waals surface area contributed by atoms with Crippen LogP contribution in [0.4, 0.5) is 8.78 Å². The third-order valence-electron chi connectivity index (χ3n) is 3.12. The van der Waals surface area contributed by atoms with Gasteiger partial charge in [-0.15, -0.1) is 0 Å². The summed E-state index contributed by atoms with van der Waals surface area (Å²) in [5, 5.41) is 2.89. The zero-order valence-corrected chi connectivity index (χ0v) is 8.60. The van der Waals surface area contributed by atoms with Gasteiger partial charge in [0.25, 0.3) is 5.92 Å². The van der Waals surface area contributed by atoms with Crippen molar-refractivity contribution in [3.63, 3.8) is 0 Å². The van der Waals surface area contributed by atoms with Crippen molar-refractivity contribution >= 4 is 0 Å². The lowest BCUT2D eigenvalue weighted by atomic mass is 10.0. The van der Waals surface area contributed by atoms with Gasteiger partial charge in [-0.25, -0.2) is 8.78 Å². The Labute approximate surface area is 83.7 Å². The molecule has 1 heterocycles. The van der Waals surface area contributed by atoms with Crippen molar-refractivity contribution in [2.75, 3.05) is 19.6 Å². The summed E-state index contributed by atoms with van der Waals surface area (Å²) in [6.07, 6.45) is 3.19. The van der Waals surface area contributed by atoms with Crippen LogP contribution in [0.5, 0.6) is 0 Å². The number of alkyl halides is 2. The number of hydrogen-bond donors (Lipinski definition) is 1. The number of rotatable bonds is 5. The average molecular weight is 204 g/mol. The Bertz CT molecular complexity index is 204. The molecule has 0 radical (unpaired) electrons. The Morgan fingerprint density at radius 1 is 1.36 bits per heavy atom. The molecule has 0 amide bonds. The third kappa shape index (κ3) is 2.64. The first-order valence-electron chi connectivity index (χ1n) is 5.42. The largest absolute Gasteiger partial charge is 0.308 e. The lowest BCUT2D eigenvalue weighted by molar-refractivity contribution is -0.0606. The molecular weight excluding hydrogens is 186 g/mol. The van der Waals surface area contributed by atoms with E-state index < -0.39 is 5.92 Å². The quantitative estimate of drug-likeness (QED) is 0.729. The Balaban J connectivity index is 1.69. The summed E-state index contributed by atoms with van der Waals surface area (Å²) in [5.41, 5.74) is 0. The van der Waals surface area contributed by atoms with Crippen molar-refractivity contribution in [3.05, 3.63) is 0 Å². The van der Waals surface area contributed by atoms with Crippen molar-refractivity contribution < 1.29 is 8.78 Å². The minimum atomic E-state index is -2.56. The Kier molecular flexibility index (Phi) is 2.75. The lowest BCUT2D eigenvalue weighted by Crippen LogP contribution is -2.53. The molecule has 0 aromatic rings. The summed E-state index contributed by atoms with van der Waals surface area (Å²) in [7, 11) is 0. The van der Waals surface area contributed by atoms with Crippen molar-refractivity contribution in [2.24, 2.45) is 0 Å². The summed E-state index contributed by atoms with van der Waals surface area (Å²) in [4.78, 5) is 1.86. The van der Waals surface area contributed by atoms with E-state index in [2.05, 4.69) is 5.32 Å². The summed E-state index contributed by atoms with van der Waals surface area (Å²) in [6.45, 7) is 2.61. The molecule has 0 aromatic heterocycles. The number of hydrogen-bond acceptors (Lipinski definition) is 2. The highest BCUT2D eigenvalue weighted by atomic mass is 19.3. The standard InChI is InChI=1S/C10H18F2N2/c1-8-4-5-14(8)7-10(11,12)6-13-9-2-3-9/h8-9,13H,2-7H2,1H3. The van der Waals surface area contributed by atoms with Gasteiger partial charge in [0, 0.05) is 18.6 Å². The van der Waals surface area contributed by atoms with Crippen LogP contribution in [0, 0.1) is 0 Å². The highest BCUT2D eigenvalue weighted by Crippen LogP contribution is 2.25. The minimum absolute atomic E-state index is 0.0755. The van der Waals surface area contributed by atoms with Crippen LogP contribution in [0.25, 0.3) is 0 Å². The fourth-order valence-corrected chi connectivity index (χ4v) is 1.74. The van der Waals surface area contributed by atoms with Gasteiger partial charge in [-0.3, -0.25) is 4.90 Å². The SMILES string of the molecule is CC1CCN1CC(F)(F)CNC1CC1. The van der Waals surface area contributed by atoms with E-state index in [-0.39, 0.29) is 13.1 Å². The molecule has 2 fully saturated rings. The minimum Gasteiger partial charge on any atom is -0.308 e. The molecule has 1 N–H and O–H groups in total. The van der Waals surface area contributed by atoms with Crippen molar-refractivity contribution in [3.8, 4) is 0 Å². The highest BCUT2D eigenvalue weighted by molar-refractivity contribution is 4.88. The van der Waals surface area contributed by atoms with Crippen LogP contribution in [0.2, 0.25) is 0 Å². The molecule has 1 aliphatic heterocycles. The van der Waals surface area contributed by atoms with Gasteiger partial charge in [-0.2, -0.15) is 0 Å². The Hall–Kier alpha value is -0.220. The normalized spacial score (nSPS) is 28.9. The highest BCUT2D eigenvalue weighted by Gasteiger charge is 2.37. The number of halogens is 2. The molecule has 1 unspecified atom stereocenters. The first kappa shape index (κ1) is 10.3. The zero-order valence-electron chi connectivity index (χ0n) is 8.60. The maximum Gasteiger partial charge on any atom is 0.272 e. The molecule has 2 aliphatic rings. The second-order valence-electron chi connectivity index (χ2n) is 4.62. The van der Waals surface area contributed by atoms with Crippen LogP contribution in [-0.4, -0.2) is 42.5 Å². The van der Waals surface area contributed by atoms with E-state index in [9.17, 15) is 8.78 Å². The molecule has 2 rings (SSSR count). The average Bonchev–Trinajstić information content (AvgIpc) is 2.92. The van der Waals surface area contributed by atoms with Crippen LogP contribution < -0.4 is 5.32 Å². The van der Waals surface area contributed by atoms with Crippen LogP contribution in [0.15, 0.2) is 0 Å². The van der Waals surface area contributed by atoms with E-state index in [1.165, 1.54) is 0 Å². The molecule has 14 heavy (non-hydrogen) atoms. The number of nitrogens with one attached hydrogen (secondary N) is 1. The van der Waals surface area contributed by atoms with Gasteiger partial charge in [0.05, 0.1) is 13.1 Å². The fraction of sp³-hybridized carbons (Fsp3) is 1.00. The summed E-state index contributed by atoms with van der Waals surface area (Å²) in [6, 6.07) is 0.719. The molecule has 2 nitrogen and oxygen atoms in total. The van der Waals surface area contributed by atoms with Crippen molar-refractivity contribution in [2.45, 2.75) is 44.2 Å². The van der Waals surface area contributed by atoms with Gasteiger partial charge < -0.3 is 5.32 Å². The van der Waals surface area contributed by atoms with E-state index in [0.29, 0.717) is 12.1 Å². The van der Waals surface area contributed by atoms with Crippen molar-refractivity contribution in [1.29, 1.82) is 0 Å². The molecule has 82 valence electrons. The number of likely N-dealkylation sites (tertiary alicyclic amines) is 1. The maximum atomic E-state index is 13.4. The molecule has 1 saturated heterocycles. The van der Waals surface area contributed by atoms with E-state index in [1.54, 1.807) is 0 Å². The predicted octanol–water partition coefficient (Wildman–Crippen LogP) is 1.47. The molecule has 0 spiro atoms. The Morgan fingerprint density at radius 2 is 2.07 bits per heavy atom. The topological polar surface area (TPSA) is 15.3 Å². The molecule has 1 atom stereocenters. The van der Waals surface area contributed by atoms with E-state index in [1.807, 2.05) is 11.8 Å². The lowest BCUT2D eigenvalue weighted by Gasteiger charge is -2.40. The maximum absolute atomic E-state index is 13.4. The van der Waals surface area contributed by atoms with Gasteiger partial charge >= 0.3 is 0 Å². The number of nitrogens with zero attached hydrogens (tertiary/aromatic N) is 1. The third-order valence-corrected chi connectivity index (χ3v) is 3.12. The molecule has 4 heteroatoms. The molecule has 1 saturated carbocycles. The first-order valence-corrected chi connectivity index (χ1v) is 5.42. The molecule has 0 aromatic carbocycles. The predicted molar refractivity (Wildman–Crippen MR) is 51.6 cm³/mol. The summed E-state index contributed by atoms with van der Waals surface area (Å²) >= 11 is 0. The first-order chi connectivity index (χ1) is 6.57. The second kappa shape index (κ2) is 3.74. The molecular formula is C10H18F2N2. The van der Waals surface area contributed by atoms with Gasteiger partial charge in [0.15, 0.2) is 0 Å².